The number of hydrogen-bond acceptors (Lipinski definition) is 5. The van der Waals surface area contributed by atoms with Gasteiger partial charge in [0.1, 0.15) is 17.9 Å². The number of hydrogen-bond donors (Lipinski definition) is 2. The predicted octanol–water partition coefficient (Wildman–Crippen LogP) is 4.09. The molecule has 1 heterocycles. The maximum atomic E-state index is 14.4. The molecule has 45 heavy (non-hydrogen) atoms. The quantitative estimate of drug-likeness (QED) is 0.316. The number of carbonyl (C=O) groups is 3. The van der Waals surface area contributed by atoms with Gasteiger partial charge in [-0.1, -0.05) is 60.7 Å². The molecule has 3 amide bonds. The second-order valence-corrected chi connectivity index (χ2v) is 12.8. The fourth-order valence-corrected chi connectivity index (χ4v) is 5.63. The highest BCUT2D eigenvalue weighted by Gasteiger charge is 2.37. The zero-order valence-electron chi connectivity index (χ0n) is 26.7. The number of amides is 3. The topological polar surface area (TPSA) is 107 Å². The first-order valence-corrected chi connectivity index (χ1v) is 15.5. The lowest BCUT2D eigenvalue weighted by atomic mass is 9.97. The lowest BCUT2D eigenvalue weighted by Gasteiger charge is -2.38. The molecule has 0 saturated carbocycles. The Morgan fingerprint density at radius 1 is 0.933 bits per heavy atom. The molecule has 2 atom stereocenters. The number of carbonyl (C=O) groups excluding carboxylic acids is 3. The molecule has 1 unspecified atom stereocenters. The number of likely N-dealkylation sites (tertiary alicyclic amines) is 1. The summed E-state index contributed by atoms with van der Waals surface area (Å²) in [6.45, 7) is 4.49. The molecule has 240 valence electrons. The highest BCUT2D eigenvalue weighted by Crippen LogP contribution is 2.22. The van der Waals surface area contributed by atoms with Crippen molar-refractivity contribution in [2.24, 2.45) is 5.73 Å². The summed E-state index contributed by atoms with van der Waals surface area (Å²) >= 11 is 0. The molecule has 3 aromatic carbocycles. The van der Waals surface area contributed by atoms with Gasteiger partial charge in [-0.25, -0.2) is 4.39 Å². The van der Waals surface area contributed by atoms with Gasteiger partial charge in [-0.05, 0) is 73.2 Å². The van der Waals surface area contributed by atoms with Crippen LogP contribution in [0.2, 0.25) is 0 Å². The van der Waals surface area contributed by atoms with E-state index in [4.69, 9.17) is 5.73 Å². The van der Waals surface area contributed by atoms with Gasteiger partial charge < -0.3 is 25.5 Å². The molecule has 0 aromatic heterocycles. The molecule has 3 aromatic rings. The Morgan fingerprint density at radius 2 is 1.53 bits per heavy atom. The van der Waals surface area contributed by atoms with Crippen LogP contribution >= 0.6 is 0 Å². The van der Waals surface area contributed by atoms with E-state index < -0.39 is 29.5 Å². The second kappa shape index (κ2) is 14.8. The number of halogens is 1. The Morgan fingerprint density at radius 3 is 2.18 bits per heavy atom. The van der Waals surface area contributed by atoms with Gasteiger partial charge in [0.05, 0.1) is 6.10 Å². The summed E-state index contributed by atoms with van der Waals surface area (Å²) in [7, 11) is 3.19. The Bertz CT molecular complexity index is 1510. The van der Waals surface area contributed by atoms with E-state index >= 15 is 0 Å². The number of piperidine rings is 1. The fraction of sp³-hybridized carbons (Fsp3) is 0.417. The molecule has 4 rings (SSSR count). The average Bonchev–Trinajstić information content (AvgIpc) is 3.01. The van der Waals surface area contributed by atoms with Crippen molar-refractivity contribution in [1.29, 1.82) is 0 Å². The lowest BCUT2D eigenvalue weighted by molar-refractivity contribution is -0.150. The van der Waals surface area contributed by atoms with Gasteiger partial charge in [0.15, 0.2) is 0 Å². The smallest absolute Gasteiger partial charge is 0.246 e. The summed E-state index contributed by atoms with van der Waals surface area (Å²) in [5, 5.41) is 12.1. The third-order valence-electron chi connectivity index (χ3n) is 8.47. The zero-order chi connectivity index (χ0) is 32.7. The molecule has 0 bridgehead atoms. The summed E-state index contributed by atoms with van der Waals surface area (Å²) in [6.07, 6.45) is 4.50. The molecule has 1 aliphatic rings. The number of aliphatic hydroxyl groups excluding tert-OH is 1. The van der Waals surface area contributed by atoms with E-state index in [9.17, 15) is 23.9 Å². The highest BCUT2D eigenvalue weighted by molar-refractivity contribution is 5.95. The Labute approximate surface area is 265 Å². The van der Waals surface area contributed by atoms with Crippen LogP contribution in [0.15, 0.2) is 78.9 Å². The Hall–Kier alpha value is -4.08. The number of likely N-dealkylation sites (N-methyl/N-ethyl adjacent to an activating group) is 2. The van der Waals surface area contributed by atoms with Crippen LogP contribution in [0.1, 0.15) is 44.2 Å². The van der Waals surface area contributed by atoms with Crippen LogP contribution in [-0.4, -0.2) is 88.4 Å². The number of fused-ring (bicyclic) bond motifs is 1. The molecular formula is C36H45FN4O4. The van der Waals surface area contributed by atoms with E-state index in [1.807, 2.05) is 56.3 Å². The van der Waals surface area contributed by atoms with Crippen LogP contribution in [-0.2, 0) is 27.2 Å². The van der Waals surface area contributed by atoms with Crippen LogP contribution in [0.3, 0.4) is 0 Å². The molecule has 9 heteroatoms. The molecule has 1 aliphatic heterocycles. The second-order valence-electron chi connectivity index (χ2n) is 12.8. The van der Waals surface area contributed by atoms with Gasteiger partial charge in [0.25, 0.3) is 0 Å². The fourth-order valence-electron chi connectivity index (χ4n) is 5.63. The molecule has 0 aliphatic carbocycles. The van der Waals surface area contributed by atoms with Gasteiger partial charge in [-0.15, -0.1) is 0 Å². The minimum absolute atomic E-state index is 0.173. The first kappa shape index (κ1) is 33.8. The molecular weight excluding hydrogens is 571 g/mol. The first-order chi connectivity index (χ1) is 21.3. The summed E-state index contributed by atoms with van der Waals surface area (Å²) < 4.78 is 13.7. The Balaban J connectivity index is 1.66. The third kappa shape index (κ3) is 9.22. The van der Waals surface area contributed by atoms with Crippen molar-refractivity contribution in [2.45, 2.75) is 69.7 Å². The monoisotopic (exact) mass is 616 g/mol. The SMILES string of the molecule is CN(C(=O)[C@@H](Cc1ccc2ccccc2c1)N(C)C(=O)/C=C/CC(C)(C)N)C(Cc1ccc(F)cc1)C(=O)N1CCC(O)CC1. The molecule has 1 saturated heterocycles. The van der Waals surface area contributed by atoms with Crippen LogP contribution in [0.4, 0.5) is 4.39 Å². The maximum absolute atomic E-state index is 14.4. The van der Waals surface area contributed by atoms with Gasteiger partial charge in [0, 0.05) is 45.6 Å². The van der Waals surface area contributed by atoms with Crippen molar-refractivity contribution in [1.82, 2.24) is 14.7 Å². The van der Waals surface area contributed by atoms with Crippen LogP contribution in [0.25, 0.3) is 10.8 Å². The van der Waals surface area contributed by atoms with Crippen molar-refractivity contribution >= 4 is 28.5 Å². The molecule has 0 radical (unpaired) electrons. The largest absolute Gasteiger partial charge is 0.393 e. The van der Waals surface area contributed by atoms with Gasteiger partial charge >= 0.3 is 0 Å². The number of nitrogens with two attached hydrogens (primary N) is 1. The van der Waals surface area contributed by atoms with Crippen molar-refractivity contribution in [3.63, 3.8) is 0 Å². The van der Waals surface area contributed by atoms with Gasteiger partial charge in [0.2, 0.25) is 17.7 Å². The van der Waals surface area contributed by atoms with Crippen LogP contribution in [0, 0.1) is 5.82 Å². The number of benzene rings is 3. The Kier molecular flexibility index (Phi) is 11.1. The average molecular weight is 617 g/mol. The van der Waals surface area contributed by atoms with E-state index in [1.54, 1.807) is 37.2 Å². The molecule has 3 N–H and O–H groups in total. The normalized spacial score (nSPS) is 15.7. The minimum Gasteiger partial charge on any atom is -0.393 e. The predicted molar refractivity (Wildman–Crippen MR) is 175 cm³/mol. The number of rotatable bonds is 11. The van der Waals surface area contributed by atoms with Gasteiger partial charge in [-0.3, -0.25) is 14.4 Å². The van der Waals surface area contributed by atoms with E-state index in [2.05, 4.69) is 0 Å². The molecule has 8 nitrogen and oxygen atoms in total. The van der Waals surface area contributed by atoms with Crippen molar-refractivity contribution in [2.75, 3.05) is 27.2 Å². The first-order valence-electron chi connectivity index (χ1n) is 15.5. The number of aliphatic hydroxyl groups is 1. The van der Waals surface area contributed by atoms with Crippen LogP contribution in [0.5, 0.6) is 0 Å². The van der Waals surface area contributed by atoms with E-state index in [1.165, 1.54) is 28.0 Å². The number of nitrogens with zero attached hydrogens (tertiary/aromatic N) is 3. The van der Waals surface area contributed by atoms with Crippen LogP contribution < -0.4 is 5.73 Å². The third-order valence-corrected chi connectivity index (χ3v) is 8.47. The summed E-state index contributed by atoms with van der Waals surface area (Å²) in [5.41, 5.74) is 7.17. The summed E-state index contributed by atoms with van der Waals surface area (Å²) in [6, 6.07) is 18.0. The van der Waals surface area contributed by atoms with E-state index in [0.29, 0.717) is 37.9 Å². The lowest BCUT2D eigenvalue weighted by Crippen LogP contribution is -2.57. The molecule has 0 spiro atoms. The standard InChI is InChI=1S/C36H45FN4O4/c1-36(2,38)19-7-10-33(43)39(3)31(24-26-11-14-27-8-5-6-9-28(27)22-26)34(44)40(4)32(23-25-12-15-29(37)16-13-25)35(45)41-20-17-30(42)18-21-41/h5-16,22,30-32,42H,17-21,23-24,38H2,1-4H3/b10-7+/t31-,32?/m1/s1. The van der Waals surface area contributed by atoms with Crippen molar-refractivity contribution < 1.29 is 23.9 Å². The highest BCUT2D eigenvalue weighted by atomic mass is 19.1. The molecule has 1 fully saturated rings. The van der Waals surface area contributed by atoms with Gasteiger partial charge in [-0.2, -0.15) is 0 Å². The minimum atomic E-state index is -0.911. The summed E-state index contributed by atoms with van der Waals surface area (Å²) in [4.78, 5) is 46.3. The summed E-state index contributed by atoms with van der Waals surface area (Å²) in [5.74, 6) is -1.37. The van der Waals surface area contributed by atoms with E-state index in [-0.39, 0.29) is 30.6 Å². The van der Waals surface area contributed by atoms with Crippen molar-refractivity contribution in [3.05, 3.63) is 95.8 Å². The van der Waals surface area contributed by atoms with Crippen molar-refractivity contribution in [3.8, 4) is 0 Å². The maximum Gasteiger partial charge on any atom is 0.246 e. The zero-order valence-corrected chi connectivity index (χ0v) is 26.7. The van der Waals surface area contributed by atoms with E-state index in [0.717, 1.165) is 16.3 Å².